The number of halogens is 1. The smallest absolute Gasteiger partial charge is 0.126 e. The number of rotatable bonds is 7. The molecule has 0 heterocycles. The zero-order chi connectivity index (χ0) is 12.5. The Morgan fingerprint density at radius 2 is 2.18 bits per heavy atom. The van der Waals surface area contributed by atoms with Crippen LogP contribution >= 0.6 is 0 Å². The summed E-state index contributed by atoms with van der Waals surface area (Å²) in [5.41, 5.74) is 0. The van der Waals surface area contributed by atoms with Crippen molar-refractivity contribution >= 4 is 0 Å². The van der Waals surface area contributed by atoms with Crippen molar-refractivity contribution in [3.63, 3.8) is 0 Å². The molecule has 0 aliphatic rings. The molecule has 1 aromatic rings. The summed E-state index contributed by atoms with van der Waals surface area (Å²) in [6.07, 6.45) is 5.80. The number of benzene rings is 1. The second kappa shape index (κ2) is 7.63. The zero-order valence-corrected chi connectivity index (χ0v) is 10.1. The van der Waals surface area contributed by atoms with Crippen LogP contribution in [0.5, 0.6) is 5.75 Å². The lowest BCUT2D eigenvalue weighted by atomic mass is 10.3. The van der Waals surface area contributed by atoms with E-state index in [1.54, 1.807) is 12.1 Å². The van der Waals surface area contributed by atoms with Crippen LogP contribution in [0.15, 0.2) is 49.1 Å². The Kier molecular flexibility index (Phi) is 6.04. The van der Waals surface area contributed by atoms with Crippen LogP contribution in [0, 0.1) is 5.82 Å². The van der Waals surface area contributed by atoms with Gasteiger partial charge < -0.3 is 4.74 Å². The van der Waals surface area contributed by atoms with Gasteiger partial charge in [-0.3, -0.25) is 4.90 Å². The fraction of sp³-hybridized carbons (Fsp3) is 0.286. The van der Waals surface area contributed by atoms with Crippen LogP contribution in [-0.2, 0) is 0 Å². The third-order valence-electron chi connectivity index (χ3n) is 2.17. The van der Waals surface area contributed by atoms with Gasteiger partial charge in [0.05, 0.1) is 0 Å². The lowest BCUT2D eigenvalue weighted by Crippen LogP contribution is -2.17. The highest BCUT2D eigenvalue weighted by Crippen LogP contribution is 2.11. The molecule has 1 aromatic carbocycles. The van der Waals surface area contributed by atoms with Crippen molar-refractivity contribution in [2.45, 2.75) is 0 Å². The third-order valence-corrected chi connectivity index (χ3v) is 2.17. The van der Waals surface area contributed by atoms with Gasteiger partial charge in [0.15, 0.2) is 0 Å². The van der Waals surface area contributed by atoms with Gasteiger partial charge in [0.25, 0.3) is 0 Å². The Balaban J connectivity index is 2.23. The van der Waals surface area contributed by atoms with Gasteiger partial charge in [0.2, 0.25) is 0 Å². The predicted octanol–water partition coefficient (Wildman–Crippen LogP) is 2.88. The Hall–Kier alpha value is -1.61. The molecule has 0 unspecified atom stereocenters. The minimum Gasteiger partial charge on any atom is -0.489 e. The second-order valence-corrected chi connectivity index (χ2v) is 3.75. The first-order valence-electron chi connectivity index (χ1n) is 5.55. The maximum atomic E-state index is 12.8. The van der Waals surface area contributed by atoms with Crippen LogP contribution in [-0.4, -0.2) is 31.6 Å². The molecule has 3 heteroatoms. The molecule has 0 aliphatic heterocycles. The Morgan fingerprint density at radius 3 is 2.88 bits per heavy atom. The van der Waals surface area contributed by atoms with Crippen molar-refractivity contribution in [1.82, 2.24) is 4.90 Å². The monoisotopic (exact) mass is 235 g/mol. The molecular weight excluding hydrogens is 217 g/mol. The van der Waals surface area contributed by atoms with Crippen molar-refractivity contribution in [1.29, 1.82) is 0 Å². The van der Waals surface area contributed by atoms with Gasteiger partial charge in [-0.15, -0.1) is 6.58 Å². The van der Waals surface area contributed by atoms with Crippen LogP contribution in [0.25, 0.3) is 0 Å². The van der Waals surface area contributed by atoms with E-state index in [2.05, 4.69) is 11.5 Å². The van der Waals surface area contributed by atoms with Gasteiger partial charge in [0.1, 0.15) is 18.2 Å². The largest absolute Gasteiger partial charge is 0.489 e. The molecule has 0 spiro atoms. The number of hydrogen-bond donors (Lipinski definition) is 0. The molecule has 0 aromatic heterocycles. The average molecular weight is 235 g/mol. The van der Waals surface area contributed by atoms with E-state index in [-0.39, 0.29) is 5.82 Å². The fourth-order valence-corrected chi connectivity index (χ4v) is 1.32. The van der Waals surface area contributed by atoms with E-state index in [9.17, 15) is 4.39 Å². The van der Waals surface area contributed by atoms with Crippen molar-refractivity contribution in [3.8, 4) is 5.75 Å². The molecule has 0 amide bonds. The Morgan fingerprint density at radius 1 is 1.35 bits per heavy atom. The summed E-state index contributed by atoms with van der Waals surface area (Å²) in [6.45, 7) is 5.82. The highest BCUT2D eigenvalue weighted by atomic mass is 19.1. The first kappa shape index (κ1) is 13.5. The first-order valence-corrected chi connectivity index (χ1v) is 5.55. The van der Waals surface area contributed by atoms with Gasteiger partial charge in [-0.25, -0.2) is 4.39 Å². The Bertz CT molecular complexity index is 376. The molecule has 0 fully saturated rings. The molecule has 1 rings (SSSR count). The van der Waals surface area contributed by atoms with Crippen molar-refractivity contribution in [2.24, 2.45) is 0 Å². The fourth-order valence-electron chi connectivity index (χ4n) is 1.32. The SMILES string of the molecule is C=CCN(C)CC=CCOc1cccc(F)c1. The van der Waals surface area contributed by atoms with E-state index in [4.69, 9.17) is 4.74 Å². The molecular formula is C14H18FNO. The summed E-state index contributed by atoms with van der Waals surface area (Å²) in [7, 11) is 2.01. The molecule has 0 saturated heterocycles. The first-order chi connectivity index (χ1) is 8.22. The summed E-state index contributed by atoms with van der Waals surface area (Å²) in [6, 6.07) is 6.14. The predicted molar refractivity (Wildman–Crippen MR) is 68.7 cm³/mol. The van der Waals surface area contributed by atoms with E-state index in [0.717, 1.165) is 13.1 Å². The molecule has 0 N–H and O–H groups in total. The normalized spacial score (nSPS) is 11.0. The van der Waals surface area contributed by atoms with Gasteiger partial charge in [-0.05, 0) is 19.2 Å². The topological polar surface area (TPSA) is 12.5 Å². The molecule has 0 bridgehead atoms. The van der Waals surface area contributed by atoms with Crippen molar-refractivity contribution < 1.29 is 9.13 Å². The van der Waals surface area contributed by atoms with Gasteiger partial charge in [0, 0.05) is 19.2 Å². The highest BCUT2D eigenvalue weighted by Gasteiger charge is 1.94. The minimum absolute atomic E-state index is 0.280. The molecule has 0 saturated carbocycles. The number of ether oxygens (including phenoxy) is 1. The summed E-state index contributed by atoms with van der Waals surface area (Å²) >= 11 is 0. The van der Waals surface area contributed by atoms with Crippen molar-refractivity contribution in [2.75, 3.05) is 26.7 Å². The van der Waals surface area contributed by atoms with E-state index in [1.807, 2.05) is 25.3 Å². The number of likely N-dealkylation sites (N-methyl/N-ethyl adjacent to an activating group) is 1. The number of nitrogens with zero attached hydrogens (tertiary/aromatic N) is 1. The van der Waals surface area contributed by atoms with Crippen molar-refractivity contribution in [3.05, 3.63) is 54.9 Å². The maximum absolute atomic E-state index is 12.8. The Labute approximate surface area is 102 Å². The molecule has 0 radical (unpaired) electrons. The summed E-state index contributed by atoms with van der Waals surface area (Å²) in [4.78, 5) is 2.12. The zero-order valence-electron chi connectivity index (χ0n) is 10.1. The quantitative estimate of drug-likeness (QED) is 0.674. The second-order valence-electron chi connectivity index (χ2n) is 3.75. The van der Waals surface area contributed by atoms with E-state index >= 15 is 0 Å². The van der Waals surface area contributed by atoms with Crippen LogP contribution in [0.1, 0.15) is 0 Å². The molecule has 17 heavy (non-hydrogen) atoms. The number of hydrogen-bond acceptors (Lipinski definition) is 2. The van der Waals surface area contributed by atoms with E-state index < -0.39 is 0 Å². The van der Waals surface area contributed by atoms with Crippen LogP contribution in [0.3, 0.4) is 0 Å². The lowest BCUT2D eigenvalue weighted by Gasteiger charge is -2.10. The van der Waals surface area contributed by atoms with E-state index in [0.29, 0.717) is 12.4 Å². The molecule has 0 aliphatic carbocycles. The van der Waals surface area contributed by atoms with Crippen LogP contribution in [0.4, 0.5) is 4.39 Å². The van der Waals surface area contributed by atoms with Crippen LogP contribution in [0.2, 0.25) is 0 Å². The lowest BCUT2D eigenvalue weighted by molar-refractivity contribution is 0.358. The van der Waals surface area contributed by atoms with E-state index in [1.165, 1.54) is 12.1 Å². The maximum Gasteiger partial charge on any atom is 0.126 e. The summed E-state index contributed by atoms with van der Waals surface area (Å²) in [5.74, 6) is 0.270. The third kappa shape index (κ3) is 5.88. The van der Waals surface area contributed by atoms with Gasteiger partial charge >= 0.3 is 0 Å². The summed E-state index contributed by atoms with van der Waals surface area (Å²) < 4.78 is 18.2. The minimum atomic E-state index is -0.280. The average Bonchev–Trinajstić information content (AvgIpc) is 2.29. The molecule has 0 atom stereocenters. The van der Waals surface area contributed by atoms with Crippen LogP contribution < -0.4 is 4.74 Å². The molecule has 92 valence electrons. The highest BCUT2D eigenvalue weighted by molar-refractivity contribution is 5.22. The standard InChI is InChI=1S/C14H18FNO/c1-3-9-16(2)10-4-5-11-17-14-8-6-7-13(15)12-14/h3-8,12H,1,9-11H2,2H3. The summed E-state index contributed by atoms with van der Waals surface area (Å²) in [5, 5.41) is 0. The van der Waals surface area contributed by atoms with Gasteiger partial charge in [-0.2, -0.15) is 0 Å². The molecule has 2 nitrogen and oxygen atoms in total. The van der Waals surface area contributed by atoms with Gasteiger partial charge in [-0.1, -0.05) is 24.3 Å².